The molecule has 0 unspecified atom stereocenters. The molecule has 1 aromatic heterocycles. The van der Waals surface area contributed by atoms with Crippen molar-refractivity contribution in [1.82, 2.24) is 9.88 Å². The average molecular weight is 367 g/mol. The van der Waals surface area contributed by atoms with Gasteiger partial charge in [0.25, 0.3) is 0 Å². The van der Waals surface area contributed by atoms with Crippen LogP contribution in [0.1, 0.15) is 6.92 Å². The highest BCUT2D eigenvalue weighted by atomic mass is 35.5. The summed E-state index contributed by atoms with van der Waals surface area (Å²) in [5.74, 6) is 0. The first kappa shape index (κ1) is 17.1. The number of nitrogens with one attached hydrogen (secondary N) is 1. The zero-order valence-corrected chi connectivity index (χ0v) is 15.7. The summed E-state index contributed by atoms with van der Waals surface area (Å²) in [5, 5.41) is 5.27. The summed E-state index contributed by atoms with van der Waals surface area (Å²) in [5.41, 5.74) is 4.30. The van der Waals surface area contributed by atoms with Crippen molar-refractivity contribution >= 4 is 39.6 Å². The third-order valence-corrected chi connectivity index (χ3v) is 5.27. The quantitative estimate of drug-likeness (QED) is 0.720. The van der Waals surface area contributed by atoms with Crippen LogP contribution in [-0.2, 0) is 0 Å². The van der Waals surface area contributed by atoms with Crippen molar-refractivity contribution in [2.45, 2.75) is 6.92 Å². The minimum absolute atomic E-state index is 0.703. The minimum atomic E-state index is 0.703. The van der Waals surface area contributed by atoms with E-state index in [4.69, 9.17) is 11.6 Å². The van der Waals surface area contributed by atoms with Crippen LogP contribution in [0, 0.1) is 0 Å². The molecule has 1 fully saturated rings. The first-order valence-corrected chi connectivity index (χ1v) is 9.49. The van der Waals surface area contributed by atoms with E-state index in [1.807, 2.05) is 30.5 Å². The predicted molar refractivity (Wildman–Crippen MR) is 111 cm³/mol. The van der Waals surface area contributed by atoms with Crippen molar-refractivity contribution in [3.05, 3.63) is 59.8 Å². The van der Waals surface area contributed by atoms with Crippen LogP contribution >= 0.6 is 11.6 Å². The van der Waals surface area contributed by atoms with E-state index in [2.05, 4.69) is 51.3 Å². The number of nitrogens with zero attached hydrogens (tertiary/aromatic N) is 3. The molecule has 5 heteroatoms. The Labute approximate surface area is 159 Å². The second-order valence-corrected chi connectivity index (χ2v) is 7.05. The van der Waals surface area contributed by atoms with Crippen LogP contribution in [0.2, 0.25) is 5.02 Å². The lowest BCUT2D eigenvalue weighted by atomic mass is 10.1. The summed E-state index contributed by atoms with van der Waals surface area (Å²) < 4.78 is 0. The van der Waals surface area contributed by atoms with Gasteiger partial charge in [-0.1, -0.05) is 18.5 Å². The van der Waals surface area contributed by atoms with Gasteiger partial charge in [0.1, 0.15) is 0 Å². The monoisotopic (exact) mass is 366 g/mol. The maximum Gasteiger partial charge on any atom is 0.0737 e. The Hall–Kier alpha value is -2.30. The number of rotatable bonds is 4. The number of fused-ring (bicyclic) bond motifs is 1. The van der Waals surface area contributed by atoms with E-state index in [1.54, 1.807) is 0 Å². The Morgan fingerprint density at radius 1 is 1.00 bits per heavy atom. The summed E-state index contributed by atoms with van der Waals surface area (Å²) in [6.45, 7) is 7.84. The fraction of sp³-hybridized carbons (Fsp3) is 0.286. The van der Waals surface area contributed by atoms with E-state index in [0.29, 0.717) is 5.02 Å². The number of hydrogen-bond donors (Lipinski definition) is 1. The van der Waals surface area contributed by atoms with Gasteiger partial charge in [-0.15, -0.1) is 0 Å². The van der Waals surface area contributed by atoms with Gasteiger partial charge in [0.2, 0.25) is 0 Å². The minimum Gasteiger partial charge on any atom is -0.369 e. The summed E-state index contributed by atoms with van der Waals surface area (Å²) in [6.07, 6.45) is 1.81. The number of anilines is 3. The highest BCUT2D eigenvalue weighted by molar-refractivity contribution is 6.31. The highest BCUT2D eigenvalue weighted by Crippen LogP contribution is 2.28. The smallest absolute Gasteiger partial charge is 0.0737 e. The van der Waals surface area contributed by atoms with E-state index in [-0.39, 0.29) is 0 Å². The number of halogens is 1. The molecule has 0 spiro atoms. The Morgan fingerprint density at radius 3 is 2.50 bits per heavy atom. The summed E-state index contributed by atoms with van der Waals surface area (Å²) in [7, 11) is 0. The van der Waals surface area contributed by atoms with Gasteiger partial charge in [0.15, 0.2) is 0 Å². The lowest BCUT2D eigenvalue weighted by Crippen LogP contribution is -2.46. The number of piperazine rings is 1. The fourth-order valence-electron chi connectivity index (χ4n) is 3.46. The molecule has 1 saturated heterocycles. The van der Waals surface area contributed by atoms with E-state index in [9.17, 15) is 0 Å². The lowest BCUT2D eigenvalue weighted by molar-refractivity contribution is 0.271. The van der Waals surface area contributed by atoms with Gasteiger partial charge >= 0.3 is 0 Å². The summed E-state index contributed by atoms with van der Waals surface area (Å²) in [6, 6.07) is 16.5. The first-order valence-electron chi connectivity index (χ1n) is 9.11. The van der Waals surface area contributed by atoms with E-state index in [1.165, 1.54) is 5.69 Å². The molecule has 1 N–H and O–H groups in total. The number of likely N-dealkylation sites (N-methyl/N-ethyl adjacent to an activating group) is 1. The molecular formula is C21H23ClN4. The van der Waals surface area contributed by atoms with Gasteiger partial charge in [-0.3, -0.25) is 4.98 Å². The predicted octanol–water partition coefficient (Wildman–Crippen LogP) is 4.77. The van der Waals surface area contributed by atoms with Crippen LogP contribution in [0.3, 0.4) is 0 Å². The first-order chi connectivity index (χ1) is 12.7. The zero-order chi connectivity index (χ0) is 17.9. The molecule has 0 amide bonds. The molecule has 0 aliphatic carbocycles. The van der Waals surface area contributed by atoms with Crippen LogP contribution in [-0.4, -0.2) is 42.6 Å². The highest BCUT2D eigenvalue weighted by Gasteiger charge is 2.15. The van der Waals surface area contributed by atoms with Crippen molar-refractivity contribution in [2.75, 3.05) is 42.9 Å². The maximum absolute atomic E-state index is 6.07. The van der Waals surface area contributed by atoms with Crippen LogP contribution in [0.25, 0.3) is 10.9 Å². The van der Waals surface area contributed by atoms with Crippen LogP contribution in [0.15, 0.2) is 54.7 Å². The number of hydrogen-bond acceptors (Lipinski definition) is 4. The SMILES string of the molecule is CCN1CCN(c2ccc(Nc3ccnc4cc(Cl)ccc34)cc2)CC1. The maximum atomic E-state index is 6.07. The van der Waals surface area contributed by atoms with Crippen LogP contribution in [0.5, 0.6) is 0 Å². The second kappa shape index (κ2) is 7.52. The zero-order valence-electron chi connectivity index (χ0n) is 15.0. The van der Waals surface area contributed by atoms with Crippen LogP contribution < -0.4 is 10.2 Å². The molecule has 134 valence electrons. The molecule has 1 aliphatic heterocycles. The standard InChI is InChI=1S/C21H23ClN4/c1-2-25-11-13-26(14-12-25)18-6-4-17(5-7-18)24-20-9-10-23-21-15-16(22)3-8-19(20)21/h3-10,15H,2,11-14H2,1H3,(H,23,24). The van der Waals surface area contributed by atoms with E-state index in [0.717, 1.165) is 55.0 Å². The second-order valence-electron chi connectivity index (χ2n) is 6.61. The Morgan fingerprint density at radius 2 is 1.77 bits per heavy atom. The summed E-state index contributed by atoms with van der Waals surface area (Å²) in [4.78, 5) is 9.35. The van der Waals surface area contributed by atoms with Gasteiger partial charge in [0, 0.05) is 59.8 Å². The van der Waals surface area contributed by atoms with Gasteiger partial charge in [-0.05, 0) is 55.1 Å². The third-order valence-electron chi connectivity index (χ3n) is 5.04. The molecular weight excluding hydrogens is 344 g/mol. The fourth-order valence-corrected chi connectivity index (χ4v) is 3.63. The Kier molecular flexibility index (Phi) is 4.96. The molecule has 0 saturated carbocycles. The van der Waals surface area contributed by atoms with E-state index < -0.39 is 0 Å². The molecule has 1 aliphatic rings. The summed E-state index contributed by atoms with van der Waals surface area (Å²) >= 11 is 6.07. The van der Waals surface area contributed by atoms with Crippen LogP contribution in [0.4, 0.5) is 17.1 Å². The van der Waals surface area contributed by atoms with Crippen molar-refractivity contribution < 1.29 is 0 Å². The van der Waals surface area contributed by atoms with Gasteiger partial charge in [0.05, 0.1) is 5.52 Å². The number of benzene rings is 2. The topological polar surface area (TPSA) is 31.4 Å². The molecule has 0 atom stereocenters. The normalized spacial score (nSPS) is 15.4. The Balaban J connectivity index is 1.50. The van der Waals surface area contributed by atoms with Gasteiger partial charge in [-0.2, -0.15) is 0 Å². The lowest BCUT2D eigenvalue weighted by Gasteiger charge is -2.35. The van der Waals surface area contributed by atoms with Crippen molar-refractivity contribution in [3.63, 3.8) is 0 Å². The van der Waals surface area contributed by atoms with E-state index >= 15 is 0 Å². The molecule has 2 heterocycles. The third kappa shape index (κ3) is 3.62. The molecule has 4 rings (SSSR count). The molecule has 3 aromatic rings. The number of pyridine rings is 1. The number of aromatic nitrogens is 1. The van der Waals surface area contributed by atoms with Crippen molar-refractivity contribution in [2.24, 2.45) is 0 Å². The Bertz CT molecular complexity index is 886. The average Bonchev–Trinajstić information content (AvgIpc) is 2.69. The van der Waals surface area contributed by atoms with Crippen molar-refractivity contribution in [1.29, 1.82) is 0 Å². The van der Waals surface area contributed by atoms with Crippen molar-refractivity contribution in [3.8, 4) is 0 Å². The largest absolute Gasteiger partial charge is 0.369 e. The molecule has 0 radical (unpaired) electrons. The molecule has 0 bridgehead atoms. The molecule has 2 aromatic carbocycles. The van der Waals surface area contributed by atoms with Gasteiger partial charge < -0.3 is 15.1 Å². The molecule has 4 nitrogen and oxygen atoms in total. The molecule has 26 heavy (non-hydrogen) atoms. The van der Waals surface area contributed by atoms with Gasteiger partial charge in [-0.25, -0.2) is 0 Å².